The molecule has 0 fully saturated rings. The average molecular weight is 763 g/mol. The Morgan fingerprint density at radius 1 is 0.745 bits per heavy atom. The zero-order chi connectivity index (χ0) is 38.6. The quantitative estimate of drug-likeness (QED) is 0.159. The van der Waals surface area contributed by atoms with E-state index in [1.165, 1.54) is 6.92 Å². The first kappa shape index (κ1) is 39.2. The highest BCUT2D eigenvalue weighted by atomic mass is 32.1. The number of thiophene rings is 1. The van der Waals surface area contributed by atoms with Crippen molar-refractivity contribution in [1.29, 1.82) is 0 Å². The number of rotatable bonds is 5. The molecular weight excluding hydrogens is 740 g/mol. The van der Waals surface area contributed by atoms with Gasteiger partial charge in [0, 0.05) is 17.5 Å². The molecule has 0 bridgehead atoms. The van der Waals surface area contributed by atoms with Crippen molar-refractivity contribution in [2.75, 3.05) is 11.6 Å². The first-order chi connectivity index (χ1) is 23.1. The number of alkyl halides is 12. The van der Waals surface area contributed by atoms with Crippen LogP contribution in [0.2, 0.25) is 0 Å². The summed E-state index contributed by atoms with van der Waals surface area (Å²) in [6.45, 7) is 4.34. The minimum atomic E-state index is -5.49. The molecule has 0 aliphatic heterocycles. The van der Waals surface area contributed by atoms with E-state index in [1.807, 2.05) is 0 Å². The number of ether oxygens (including phenoxy) is 1. The number of anilines is 1. The molecule has 1 heterocycles. The lowest BCUT2D eigenvalue weighted by Gasteiger charge is -2.30. The number of benzene rings is 2. The number of halogens is 12. The number of carbonyl (C=O) groups excluding carboxylic acids is 4. The fraction of sp³-hybridized carbons (Fsp3) is 0.355. The third-order valence-electron chi connectivity index (χ3n) is 7.33. The molecule has 3 aromatic rings. The van der Waals surface area contributed by atoms with Crippen molar-refractivity contribution in [2.45, 2.75) is 58.3 Å². The number of fused-ring (bicyclic) bond motifs is 1. The average Bonchev–Trinajstić information content (AvgIpc) is 3.35. The molecule has 0 atom stereocenters. The second kappa shape index (κ2) is 13.2. The van der Waals surface area contributed by atoms with Gasteiger partial charge < -0.3 is 4.74 Å². The Bertz CT molecular complexity index is 1840. The summed E-state index contributed by atoms with van der Waals surface area (Å²) in [7, 11) is 0. The van der Waals surface area contributed by atoms with Gasteiger partial charge in [0.2, 0.25) is 0 Å². The number of hydrogen-bond acceptors (Lipinski definition) is 6. The molecule has 1 aliphatic carbocycles. The molecule has 0 unspecified atom stereocenters. The summed E-state index contributed by atoms with van der Waals surface area (Å²) in [6, 6.07) is -0.886. The van der Waals surface area contributed by atoms with Gasteiger partial charge in [-0.1, -0.05) is 13.8 Å². The van der Waals surface area contributed by atoms with Crippen LogP contribution >= 0.6 is 11.3 Å². The van der Waals surface area contributed by atoms with Crippen molar-refractivity contribution < 1.29 is 76.6 Å². The number of Topliss-reactive ketones (excluding diaryl/α,β-unsaturated/α-hetero) is 1. The minimum Gasteiger partial charge on any atom is -0.462 e. The predicted octanol–water partition coefficient (Wildman–Crippen LogP) is 9.15. The first-order valence-electron chi connectivity index (χ1n) is 14.2. The summed E-state index contributed by atoms with van der Waals surface area (Å²) in [5, 5.41) is -0.880. The van der Waals surface area contributed by atoms with Gasteiger partial charge in [-0.2, -0.15) is 52.7 Å². The van der Waals surface area contributed by atoms with E-state index in [0.717, 1.165) is 0 Å². The Morgan fingerprint density at radius 2 is 1.18 bits per heavy atom. The fourth-order valence-corrected chi connectivity index (χ4v) is 6.34. The van der Waals surface area contributed by atoms with Crippen molar-refractivity contribution in [3.05, 3.63) is 85.8 Å². The van der Waals surface area contributed by atoms with Crippen LogP contribution in [0.25, 0.3) is 0 Å². The van der Waals surface area contributed by atoms with Crippen molar-refractivity contribution >= 4 is 39.9 Å². The second-order valence-electron chi connectivity index (χ2n) is 11.9. The van der Waals surface area contributed by atoms with Crippen LogP contribution in [0.4, 0.5) is 57.7 Å². The minimum absolute atomic E-state index is 0.0547. The highest BCUT2D eigenvalue weighted by molar-refractivity contribution is 7.18. The Hall–Kier alpha value is -4.62. The van der Waals surface area contributed by atoms with Gasteiger partial charge >= 0.3 is 30.7 Å². The number of carbonyl (C=O) groups is 4. The molecule has 2 aromatic carbocycles. The van der Waals surface area contributed by atoms with Crippen LogP contribution < -0.4 is 10.4 Å². The summed E-state index contributed by atoms with van der Waals surface area (Å²) in [5.41, 5.74) is -10.6. The maximum absolute atomic E-state index is 13.9. The lowest BCUT2D eigenvalue weighted by molar-refractivity contribution is -0.144. The number of hydrazine groups is 1. The maximum Gasteiger partial charge on any atom is 0.416 e. The summed E-state index contributed by atoms with van der Waals surface area (Å²) < 4.78 is 168. The van der Waals surface area contributed by atoms with E-state index in [2.05, 4.69) is 0 Å². The molecular formula is C31H22F12N2O5S. The second-order valence-corrected chi connectivity index (χ2v) is 12.9. The highest BCUT2D eigenvalue weighted by Gasteiger charge is 2.43. The van der Waals surface area contributed by atoms with Crippen LogP contribution in [0.1, 0.15) is 95.8 Å². The molecule has 7 nitrogen and oxygen atoms in total. The Kier molecular flexibility index (Phi) is 10.1. The number of nitrogens with zero attached hydrogens (tertiary/aromatic N) is 1. The smallest absolute Gasteiger partial charge is 0.416 e. The maximum atomic E-state index is 13.9. The zero-order valence-corrected chi connectivity index (χ0v) is 26.8. The molecule has 0 radical (unpaired) electrons. The fourth-order valence-electron chi connectivity index (χ4n) is 5.14. The van der Waals surface area contributed by atoms with E-state index >= 15 is 0 Å². The summed E-state index contributed by atoms with van der Waals surface area (Å²) in [6.07, 6.45) is -22.3. The number of nitrogens with one attached hydrogen (secondary N) is 1. The van der Waals surface area contributed by atoms with E-state index in [1.54, 1.807) is 19.3 Å². The Balaban J connectivity index is 2.02. The Morgan fingerprint density at radius 3 is 1.59 bits per heavy atom. The van der Waals surface area contributed by atoms with E-state index < -0.39 is 97.6 Å². The molecule has 1 aromatic heterocycles. The molecule has 51 heavy (non-hydrogen) atoms. The SMILES string of the molecule is CCOC(=O)c1sc(N(NC(=O)c2cc(C(F)(F)F)cc(C(F)(F)F)c2)C(=O)c2cc(C(F)(F)F)cc(C(F)(F)F)c2)c2c1CC(C)(C)CC2=O. The van der Waals surface area contributed by atoms with Gasteiger partial charge in [0.25, 0.3) is 11.8 Å². The first-order valence-corrected chi connectivity index (χ1v) is 15.1. The van der Waals surface area contributed by atoms with Crippen LogP contribution in [0.15, 0.2) is 36.4 Å². The van der Waals surface area contributed by atoms with Gasteiger partial charge in [-0.3, -0.25) is 19.8 Å². The Labute approximate surface area is 283 Å². The topological polar surface area (TPSA) is 92.8 Å². The molecule has 276 valence electrons. The number of hydrogen-bond donors (Lipinski definition) is 1. The van der Waals surface area contributed by atoms with Crippen LogP contribution in [0.3, 0.4) is 0 Å². The molecule has 0 spiro atoms. The molecule has 1 N–H and O–H groups in total. The van der Waals surface area contributed by atoms with Gasteiger partial charge in [-0.05, 0) is 60.7 Å². The molecule has 0 saturated carbocycles. The molecule has 0 saturated heterocycles. The normalized spacial score (nSPS) is 14.9. The lowest BCUT2D eigenvalue weighted by Crippen LogP contribution is -2.47. The summed E-state index contributed by atoms with van der Waals surface area (Å²) in [5.74, 6) is -5.82. The monoisotopic (exact) mass is 762 g/mol. The van der Waals surface area contributed by atoms with Gasteiger partial charge in [-0.15, -0.1) is 11.3 Å². The van der Waals surface area contributed by atoms with Crippen molar-refractivity contribution in [2.24, 2.45) is 5.41 Å². The van der Waals surface area contributed by atoms with Crippen LogP contribution in [0, 0.1) is 5.41 Å². The molecule has 1 aliphatic rings. The van der Waals surface area contributed by atoms with Crippen LogP contribution in [0.5, 0.6) is 0 Å². The lowest BCUT2D eigenvalue weighted by atomic mass is 9.74. The van der Waals surface area contributed by atoms with Crippen molar-refractivity contribution in [3.63, 3.8) is 0 Å². The number of esters is 1. The van der Waals surface area contributed by atoms with Crippen LogP contribution in [-0.2, 0) is 35.9 Å². The highest BCUT2D eigenvalue weighted by Crippen LogP contribution is 2.46. The zero-order valence-electron chi connectivity index (χ0n) is 26.0. The number of amides is 2. The van der Waals surface area contributed by atoms with Crippen LogP contribution in [-0.4, -0.2) is 30.2 Å². The van der Waals surface area contributed by atoms with Gasteiger partial charge in [0.1, 0.15) is 9.88 Å². The largest absolute Gasteiger partial charge is 0.462 e. The third kappa shape index (κ3) is 8.48. The summed E-state index contributed by atoms with van der Waals surface area (Å²) in [4.78, 5) is 53.4. The van der Waals surface area contributed by atoms with Gasteiger partial charge in [0.05, 0.1) is 34.4 Å². The van der Waals surface area contributed by atoms with E-state index in [0.29, 0.717) is 0 Å². The third-order valence-corrected chi connectivity index (χ3v) is 8.52. The van der Waals surface area contributed by atoms with Gasteiger partial charge in [0.15, 0.2) is 5.78 Å². The molecule has 4 rings (SSSR count). The van der Waals surface area contributed by atoms with Crippen molar-refractivity contribution in [3.8, 4) is 0 Å². The van der Waals surface area contributed by atoms with E-state index in [9.17, 15) is 71.9 Å². The van der Waals surface area contributed by atoms with E-state index in [4.69, 9.17) is 4.74 Å². The standard InChI is InChI=1S/C31H22F12N2O5S/c1-4-50-26(49)22-19-11-27(2,3)12-20(46)21(19)25(51-22)45(24(48)14-7-17(30(38,39)40)10-18(8-14)31(41,42)43)44-23(47)13-5-15(28(32,33)34)9-16(6-13)29(35,36)37/h5-10H,4,11-12H2,1-3H3,(H,44,47). The number of ketones is 1. The summed E-state index contributed by atoms with van der Waals surface area (Å²) >= 11 is 0.221. The molecule has 2 amide bonds. The molecule has 20 heteroatoms. The van der Waals surface area contributed by atoms with E-state index in [-0.39, 0.29) is 82.6 Å². The predicted molar refractivity (Wildman–Crippen MR) is 154 cm³/mol. The van der Waals surface area contributed by atoms with Crippen molar-refractivity contribution in [1.82, 2.24) is 5.43 Å². The van der Waals surface area contributed by atoms with Gasteiger partial charge in [-0.25, -0.2) is 9.80 Å².